The molecule has 2 aromatic heterocycles. The van der Waals surface area contributed by atoms with Gasteiger partial charge in [0, 0.05) is 39.7 Å². The number of aromatic nitrogens is 2. The highest BCUT2D eigenvalue weighted by molar-refractivity contribution is 8.16. The van der Waals surface area contributed by atoms with Crippen LogP contribution in [0.4, 0.5) is 14.5 Å². The maximum Gasteiger partial charge on any atom is 0.201 e. The van der Waals surface area contributed by atoms with Crippen molar-refractivity contribution in [3.8, 4) is 11.1 Å². The van der Waals surface area contributed by atoms with Crippen LogP contribution < -0.4 is 4.72 Å². The van der Waals surface area contributed by atoms with Crippen molar-refractivity contribution in [1.29, 1.82) is 0 Å². The zero-order valence-corrected chi connectivity index (χ0v) is 19.7. The van der Waals surface area contributed by atoms with Crippen molar-refractivity contribution in [2.75, 3.05) is 10.5 Å². The minimum Gasteiger partial charge on any atom is -0.345 e. The van der Waals surface area contributed by atoms with E-state index in [0.29, 0.717) is 16.1 Å². The fraction of sp³-hybridized carbons (Fsp3) is 0.160. The summed E-state index contributed by atoms with van der Waals surface area (Å²) in [6, 6.07) is 11.4. The number of hydrogen-bond donors (Lipinski definition) is 2. The fourth-order valence-corrected chi connectivity index (χ4v) is 5.02. The highest BCUT2D eigenvalue weighted by atomic mass is 35.5. The lowest BCUT2D eigenvalue weighted by Gasteiger charge is -2.14. The fourth-order valence-electron chi connectivity index (χ4n) is 3.55. The van der Waals surface area contributed by atoms with E-state index in [2.05, 4.69) is 14.7 Å². The number of nitrogens with zero attached hydrogens (tertiary/aromatic N) is 1. The number of rotatable bonds is 7. The molecule has 4 nitrogen and oxygen atoms in total. The van der Waals surface area contributed by atoms with Gasteiger partial charge < -0.3 is 9.71 Å². The summed E-state index contributed by atoms with van der Waals surface area (Å²) in [5, 5.41) is 3.03. The van der Waals surface area contributed by atoms with Crippen molar-refractivity contribution in [2.24, 2.45) is 0 Å². The van der Waals surface area contributed by atoms with E-state index in [1.165, 1.54) is 12.3 Å². The van der Waals surface area contributed by atoms with Crippen LogP contribution in [-0.4, -0.2) is 26.9 Å². The van der Waals surface area contributed by atoms with E-state index >= 15 is 4.39 Å². The standard InChI is InChI=1S/C25H22ClF2N3OS/c1-3-11-33(4-2)31-21-10-9-20(27)22(23(21)28)24(32)19-14-30-25-18(19)12-16(13-29-25)15-5-7-17(26)8-6-15/h4-10,12-14,31H,3,11H2,1-2H3,(H,29,30). The van der Waals surface area contributed by atoms with Crippen molar-refractivity contribution in [2.45, 2.75) is 20.3 Å². The number of H-pyrrole nitrogens is 1. The Hall–Kier alpha value is -3.03. The predicted molar refractivity (Wildman–Crippen MR) is 134 cm³/mol. The van der Waals surface area contributed by atoms with Crippen molar-refractivity contribution < 1.29 is 13.6 Å². The van der Waals surface area contributed by atoms with Gasteiger partial charge in [-0.3, -0.25) is 4.79 Å². The lowest BCUT2D eigenvalue weighted by Crippen LogP contribution is -2.10. The topological polar surface area (TPSA) is 57.8 Å². The SMILES string of the molecule is C/C=S(/CCC)Nc1ccc(F)c(C(=O)c2c[nH]c3ncc(-c4ccc(Cl)cc4)cc23)c1F. The maximum atomic E-state index is 15.3. The van der Waals surface area contributed by atoms with E-state index < -0.39 is 23.0 Å². The number of nitrogens with one attached hydrogen (secondary N) is 2. The molecule has 0 aliphatic rings. The third-order valence-corrected chi connectivity index (χ3v) is 7.37. The van der Waals surface area contributed by atoms with E-state index in [-0.39, 0.29) is 21.9 Å². The zero-order chi connectivity index (χ0) is 23.5. The number of pyridine rings is 1. The molecule has 0 radical (unpaired) electrons. The van der Waals surface area contributed by atoms with Gasteiger partial charge >= 0.3 is 0 Å². The second-order valence-corrected chi connectivity index (χ2v) is 9.79. The third-order valence-electron chi connectivity index (χ3n) is 5.22. The molecule has 0 aliphatic heterocycles. The van der Waals surface area contributed by atoms with E-state index in [0.717, 1.165) is 29.4 Å². The molecule has 4 rings (SSSR count). The van der Waals surface area contributed by atoms with Crippen molar-refractivity contribution in [3.05, 3.63) is 82.6 Å². The van der Waals surface area contributed by atoms with Crippen molar-refractivity contribution >= 4 is 50.1 Å². The Morgan fingerprint density at radius 3 is 2.64 bits per heavy atom. The van der Waals surface area contributed by atoms with Gasteiger partial charge in [0.2, 0.25) is 5.78 Å². The van der Waals surface area contributed by atoms with Crippen LogP contribution in [0.2, 0.25) is 5.02 Å². The van der Waals surface area contributed by atoms with Crippen LogP contribution in [0.25, 0.3) is 22.2 Å². The van der Waals surface area contributed by atoms with Gasteiger partial charge in [0.25, 0.3) is 0 Å². The summed E-state index contributed by atoms with van der Waals surface area (Å²) in [5.41, 5.74) is 1.74. The van der Waals surface area contributed by atoms with Gasteiger partial charge in [0.15, 0.2) is 5.82 Å². The molecule has 0 amide bonds. The van der Waals surface area contributed by atoms with Crippen LogP contribution in [0, 0.1) is 11.6 Å². The molecule has 0 aliphatic carbocycles. The molecule has 2 heterocycles. The van der Waals surface area contributed by atoms with Crippen LogP contribution in [-0.2, 0) is 0 Å². The van der Waals surface area contributed by atoms with Crippen LogP contribution in [0.1, 0.15) is 36.2 Å². The Kier molecular flexibility index (Phi) is 6.91. The molecule has 0 bridgehead atoms. The molecule has 0 saturated carbocycles. The molecule has 0 saturated heterocycles. The molecule has 0 spiro atoms. The van der Waals surface area contributed by atoms with Gasteiger partial charge in [-0.05, 0) is 54.6 Å². The Bertz CT molecular complexity index is 1370. The second kappa shape index (κ2) is 9.85. The predicted octanol–water partition coefficient (Wildman–Crippen LogP) is 7.22. The molecular weight excluding hydrogens is 464 g/mol. The molecule has 8 heteroatoms. The molecular formula is C25H22ClF2N3OS. The zero-order valence-electron chi connectivity index (χ0n) is 18.1. The molecule has 33 heavy (non-hydrogen) atoms. The summed E-state index contributed by atoms with van der Waals surface area (Å²) in [6.07, 6.45) is 4.01. The molecule has 1 atom stereocenters. The van der Waals surface area contributed by atoms with Gasteiger partial charge in [-0.2, -0.15) is 0 Å². The molecule has 0 fully saturated rings. The van der Waals surface area contributed by atoms with Gasteiger partial charge in [0.1, 0.15) is 11.5 Å². The summed E-state index contributed by atoms with van der Waals surface area (Å²) in [7, 11) is -0.380. The Labute approximate surface area is 198 Å². The number of halogens is 3. The number of fused-ring (bicyclic) bond motifs is 1. The van der Waals surface area contributed by atoms with Gasteiger partial charge in [-0.25, -0.2) is 13.8 Å². The second-order valence-electron chi connectivity index (χ2n) is 7.41. The molecule has 2 aromatic carbocycles. The number of ketones is 1. The molecule has 1 unspecified atom stereocenters. The number of carbonyl (C=O) groups is 1. The highest BCUT2D eigenvalue weighted by Gasteiger charge is 2.24. The number of benzene rings is 2. The number of anilines is 1. The van der Waals surface area contributed by atoms with E-state index in [4.69, 9.17) is 11.6 Å². The van der Waals surface area contributed by atoms with Gasteiger partial charge in [-0.15, -0.1) is 10.7 Å². The summed E-state index contributed by atoms with van der Waals surface area (Å²) >= 11 is 5.97. The maximum absolute atomic E-state index is 15.3. The minimum absolute atomic E-state index is 0.106. The summed E-state index contributed by atoms with van der Waals surface area (Å²) in [6.45, 7) is 3.92. The first-order valence-corrected chi connectivity index (χ1v) is 12.3. The first kappa shape index (κ1) is 23.1. The van der Waals surface area contributed by atoms with Crippen LogP contribution in [0.3, 0.4) is 0 Å². The summed E-state index contributed by atoms with van der Waals surface area (Å²) in [5.74, 6) is -1.73. The number of aromatic amines is 1. The summed E-state index contributed by atoms with van der Waals surface area (Å²) in [4.78, 5) is 20.6. The van der Waals surface area contributed by atoms with Gasteiger partial charge in [-0.1, -0.05) is 30.7 Å². The number of carbonyl (C=O) groups excluding carboxylic acids is 1. The van der Waals surface area contributed by atoms with Crippen LogP contribution in [0.15, 0.2) is 54.9 Å². The van der Waals surface area contributed by atoms with Crippen molar-refractivity contribution in [3.63, 3.8) is 0 Å². The lowest BCUT2D eigenvalue weighted by molar-refractivity contribution is 0.103. The van der Waals surface area contributed by atoms with Gasteiger partial charge in [0.05, 0.1) is 11.3 Å². The Morgan fingerprint density at radius 2 is 1.94 bits per heavy atom. The molecule has 2 N–H and O–H groups in total. The third kappa shape index (κ3) is 4.70. The quantitative estimate of drug-likeness (QED) is 0.214. The average molecular weight is 486 g/mol. The van der Waals surface area contributed by atoms with Crippen molar-refractivity contribution in [1.82, 2.24) is 9.97 Å². The van der Waals surface area contributed by atoms with E-state index in [1.54, 1.807) is 24.4 Å². The highest BCUT2D eigenvalue weighted by Crippen LogP contribution is 2.31. The normalized spacial score (nSPS) is 12.3. The first-order chi connectivity index (χ1) is 15.9. The largest absolute Gasteiger partial charge is 0.345 e. The average Bonchev–Trinajstić information content (AvgIpc) is 3.24. The lowest BCUT2D eigenvalue weighted by atomic mass is 10.00. The molecule has 4 aromatic rings. The van der Waals surface area contributed by atoms with E-state index in [1.807, 2.05) is 31.3 Å². The number of hydrogen-bond acceptors (Lipinski definition) is 3. The first-order valence-electron chi connectivity index (χ1n) is 10.4. The van der Waals surface area contributed by atoms with Crippen LogP contribution >= 0.6 is 22.3 Å². The monoisotopic (exact) mass is 485 g/mol. The Morgan fingerprint density at radius 1 is 1.18 bits per heavy atom. The summed E-state index contributed by atoms with van der Waals surface area (Å²) < 4.78 is 33.1. The minimum atomic E-state index is -0.907. The smallest absolute Gasteiger partial charge is 0.201 e. The van der Waals surface area contributed by atoms with E-state index in [9.17, 15) is 9.18 Å². The van der Waals surface area contributed by atoms with Crippen LogP contribution in [0.5, 0.6) is 0 Å². The molecule has 170 valence electrons. The Balaban J connectivity index is 1.76.